The van der Waals surface area contributed by atoms with Crippen molar-refractivity contribution >= 4 is 24.2 Å². The van der Waals surface area contributed by atoms with Crippen molar-refractivity contribution in [1.82, 2.24) is 25.3 Å². The van der Waals surface area contributed by atoms with Crippen LogP contribution in [-0.2, 0) is 24.2 Å². The number of amides is 2. The van der Waals surface area contributed by atoms with Crippen LogP contribution in [0.1, 0.15) is 27.3 Å². The highest BCUT2D eigenvalue weighted by Crippen LogP contribution is 2.18. The molecule has 2 N–H and O–H groups in total. The second kappa shape index (κ2) is 9.28. The highest BCUT2D eigenvalue weighted by Gasteiger charge is 2.29. The number of fused-ring (bicyclic) bond motifs is 1. The summed E-state index contributed by atoms with van der Waals surface area (Å²) in [6.45, 7) is 3.71. The van der Waals surface area contributed by atoms with Crippen LogP contribution >= 0.6 is 12.4 Å². The van der Waals surface area contributed by atoms with E-state index in [1.54, 1.807) is 12.0 Å². The van der Waals surface area contributed by atoms with E-state index in [1.165, 1.54) is 0 Å². The van der Waals surface area contributed by atoms with Crippen molar-refractivity contribution in [2.75, 3.05) is 39.8 Å². The van der Waals surface area contributed by atoms with Crippen molar-refractivity contribution in [3.8, 4) is 5.75 Å². The summed E-state index contributed by atoms with van der Waals surface area (Å²) in [4.78, 5) is 29.1. The van der Waals surface area contributed by atoms with Crippen LogP contribution in [0.25, 0.3) is 0 Å². The van der Waals surface area contributed by atoms with Gasteiger partial charge in [0.05, 0.1) is 13.5 Å². The summed E-state index contributed by atoms with van der Waals surface area (Å²) in [6, 6.07) is 7.56. The number of benzene rings is 1. The van der Waals surface area contributed by atoms with Crippen molar-refractivity contribution in [2.24, 2.45) is 0 Å². The number of nitrogens with one attached hydrogen (secondary N) is 2. The number of hydrogen-bond acceptors (Lipinski definition) is 5. The molecule has 0 radical (unpaired) electrons. The van der Waals surface area contributed by atoms with Crippen LogP contribution in [0.2, 0.25) is 0 Å². The van der Waals surface area contributed by atoms with Crippen molar-refractivity contribution in [2.45, 2.75) is 19.4 Å². The number of carbonyl (C=O) groups excluding carboxylic acids is 2. The lowest BCUT2D eigenvalue weighted by Crippen LogP contribution is -2.51. The van der Waals surface area contributed by atoms with E-state index in [4.69, 9.17) is 4.74 Å². The Kier molecular flexibility index (Phi) is 6.76. The van der Waals surface area contributed by atoms with Crippen molar-refractivity contribution in [1.29, 1.82) is 0 Å². The fourth-order valence-electron chi connectivity index (χ4n) is 3.78. The second-order valence-electron chi connectivity index (χ2n) is 7.16. The van der Waals surface area contributed by atoms with E-state index >= 15 is 0 Å². The smallest absolute Gasteiger partial charge is 0.274 e. The molecule has 0 atom stereocenters. The predicted molar refractivity (Wildman–Crippen MR) is 110 cm³/mol. The molecule has 9 heteroatoms. The lowest BCUT2D eigenvalue weighted by atomic mass is 10.1. The van der Waals surface area contributed by atoms with Gasteiger partial charge in [-0.1, -0.05) is 12.1 Å². The van der Waals surface area contributed by atoms with Crippen LogP contribution in [0, 0.1) is 0 Å². The summed E-state index contributed by atoms with van der Waals surface area (Å²) in [6.07, 6.45) is 1.20. The largest absolute Gasteiger partial charge is 0.497 e. The molecule has 156 valence electrons. The zero-order chi connectivity index (χ0) is 19.5. The molecule has 3 heterocycles. The predicted octanol–water partition coefficient (Wildman–Crippen LogP) is 1.01. The monoisotopic (exact) mass is 419 g/mol. The Bertz CT molecular complexity index is 877. The van der Waals surface area contributed by atoms with Crippen LogP contribution in [0.4, 0.5) is 0 Å². The summed E-state index contributed by atoms with van der Waals surface area (Å²) in [5, 5.41) is 10.5. The fraction of sp³-hybridized carbons (Fsp3) is 0.450. The number of aromatic nitrogens is 2. The van der Waals surface area contributed by atoms with Gasteiger partial charge in [0.1, 0.15) is 5.75 Å². The maximum absolute atomic E-state index is 12.9. The molecule has 2 aromatic rings. The molecule has 0 aliphatic carbocycles. The minimum Gasteiger partial charge on any atom is -0.497 e. The van der Waals surface area contributed by atoms with Crippen LogP contribution in [0.15, 0.2) is 24.3 Å². The molecule has 1 fully saturated rings. The summed E-state index contributed by atoms with van der Waals surface area (Å²) >= 11 is 0. The van der Waals surface area contributed by atoms with E-state index < -0.39 is 0 Å². The molecule has 0 spiro atoms. The normalized spacial score (nSPS) is 16.0. The zero-order valence-electron chi connectivity index (χ0n) is 16.4. The quantitative estimate of drug-likeness (QED) is 0.772. The van der Waals surface area contributed by atoms with E-state index in [2.05, 4.69) is 15.5 Å². The summed E-state index contributed by atoms with van der Waals surface area (Å²) in [5.74, 6) is 0.764. The Balaban J connectivity index is 0.00000240. The van der Waals surface area contributed by atoms with Crippen LogP contribution < -0.4 is 10.1 Å². The average molecular weight is 420 g/mol. The molecule has 29 heavy (non-hydrogen) atoms. The highest BCUT2D eigenvalue weighted by molar-refractivity contribution is 5.94. The van der Waals surface area contributed by atoms with Gasteiger partial charge in [0.25, 0.3) is 5.91 Å². The maximum atomic E-state index is 12.9. The average Bonchev–Trinajstić information content (AvgIpc) is 3.17. The van der Waals surface area contributed by atoms with Gasteiger partial charge >= 0.3 is 0 Å². The minimum atomic E-state index is -0.0545. The number of carbonyl (C=O) groups is 2. The third kappa shape index (κ3) is 4.54. The Morgan fingerprint density at radius 2 is 1.93 bits per heavy atom. The molecule has 0 saturated carbocycles. The SMILES string of the molecule is COc1cccc(CC(=O)N2CCN(C(=O)c3n[nH]c4c3CNCC4)CC2)c1.Cl. The highest BCUT2D eigenvalue weighted by atomic mass is 35.5. The third-order valence-electron chi connectivity index (χ3n) is 5.42. The van der Waals surface area contributed by atoms with E-state index in [0.717, 1.165) is 35.5 Å². The van der Waals surface area contributed by atoms with Gasteiger partial charge in [0.2, 0.25) is 5.91 Å². The Morgan fingerprint density at radius 3 is 2.69 bits per heavy atom. The summed E-state index contributed by atoms with van der Waals surface area (Å²) in [7, 11) is 1.61. The van der Waals surface area contributed by atoms with Gasteiger partial charge in [0.15, 0.2) is 5.69 Å². The number of aromatic amines is 1. The van der Waals surface area contributed by atoms with E-state index in [-0.39, 0.29) is 24.2 Å². The molecule has 2 aliphatic heterocycles. The number of nitrogens with zero attached hydrogens (tertiary/aromatic N) is 3. The first-order valence-electron chi connectivity index (χ1n) is 9.62. The minimum absolute atomic E-state index is 0. The van der Waals surface area contributed by atoms with E-state index in [0.29, 0.717) is 44.8 Å². The fourth-order valence-corrected chi connectivity index (χ4v) is 3.78. The van der Waals surface area contributed by atoms with Crippen molar-refractivity contribution in [3.05, 3.63) is 46.8 Å². The number of halogens is 1. The third-order valence-corrected chi connectivity index (χ3v) is 5.42. The number of ether oxygens (including phenoxy) is 1. The first kappa shape index (κ1) is 21.1. The van der Waals surface area contributed by atoms with Gasteiger partial charge in [-0.05, 0) is 17.7 Å². The molecule has 2 amide bonds. The molecule has 0 unspecified atom stereocenters. The Labute approximate surface area is 176 Å². The molecule has 0 bridgehead atoms. The van der Waals surface area contributed by atoms with Crippen LogP contribution in [0.5, 0.6) is 5.75 Å². The van der Waals surface area contributed by atoms with Gasteiger partial charge in [0, 0.05) is 56.9 Å². The summed E-state index contributed by atoms with van der Waals surface area (Å²) in [5.41, 5.74) is 3.47. The first-order chi connectivity index (χ1) is 13.7. The van der Waals surface area contributed by atoms with Crippen LogP contribution in [0.3, 0.4) is 0 Å². The molecule has 1 saturated heterocycles. The molecule has 1 aromatic heterocycles. The van der Waals surface area contributed by atoms with Gasteiger partial charge in [-0.15, -0.1) is 12.4 Å². The molecule has 8 nitrogen and oxygen atoms in total. The number of hydrogen-bond donors (Lipinski definition) is 2. The van der Waals surface area contributed by atoms with Gasteiger partial charge in [-0.3, -0.25) is 14.7 Å². The van der Waals surface area contributed by atoms with Crippen LogP contribution in [-0.4, -0.2) is 71.6 Å². The first-order valence-corrected chi connectivity index (χ1v) is 9.62. The molecular formula is C20H26ClN5O3. The number of methoxy groups -OCH3 is 1. The van der Waals surface area contributed by atoms with E-state index in [9.17, 15) is 9.59 Å². The lowest BCUT2D eigenvalue weighted by molar-refractivity contribution is -0.131. The zero-order valence-corrected chi connectivity index (χ0v) is 17.3. The second-order valence-corrected chi connectivity index (χ2v) is 7.16. The maximum Gasteiger partial charge on any atom is 0.274 e. The van der Waals surface area contributed by atoms with E-state index in [1.807, 2.05) is 29.2 Å². The van der Waals surface area contributed by atoms with Gasteiger partial charge < -0.3 is 19.9 Å². The molecule has 4 rings (SSSR count). The van der Waals surface area contributed by atoms with Crippen molar-refractivity contribution in [3.63, 3.8) is 0 Å². The van der Waals surface area contributed by atoms with Crippen molar-refractivity contribution < 1.29 is 14.3 Å². The Morgan fingerprint density at radius 1 is 1.17 bits per heavy atom. The topological polar surface area (TPSA) is 90.6 Å². The Hall–Kier alpha value is -2.58. The number of piperazine rings is 1. The number of rotatable bonds is 4. The molecule has 1 aromatic carbocycles. The standard InChI is InChI=1S/C20H25N5O3.ClH/c1-28-15-4-2-3-14(11-15)12-18(26)24-7-9-25(10-8-24)20(27)19-16-13-21-6-5-17(16)22-23-19;/h2-4,11,21H,5-10,12-13H2,1H3,(H,22,23);1H. The lowest BCUT2D eigenvalue weighted by Gasteiger charge is -2.34. The molecule has 2 aliphatic rings. The summed E-state index contributed by atoms with van der Waals surface area (Å²) < 4.78 is 5.22. The number of H-pyrrole nitrogens is 1. The molecular weight excluding hydrogens is 394 g/mol. The van der Waals surface area contributed by atoms with Gasteiger partial charge in [-0.25, -0.2) is 0 Å². The van der Waals surface area contributed by atoms with Gasteiger partial charge in [-0.2, -0.15) is 5.10 Å².